The number of hydrogen-bond acceptors (Lipinski definition) is 1. The highest BCUT2D eigenvalue weighted by Crippen LogP contribution is 2.29. The summed E-state index contributed by atoms with van der Waals surface area (Å²) in [6.45, 7) is 2.86. The van der Waals surface area contributed by atoms with Crippen molar-refractivity contribution in [3.63, 3.8) is 0 Å². The summed E-state index contributed by atoms with van der Waals surface area (Å²) in [6, 6.07) is 6.16. The molecule has 1 aliphatic rings. The lowest BCUT2D eigenvalue weighted by Gasteiger charge is -2.12. The van der Waals surface area contributed by atoms with Gasteiger partial charge in [-0.05, 0) is 24.1 Å². The van der Waals surface area contributed by atoms with Gasteiger partial charge in [0.2, 0.25) is 5.91 Å². The van der Waals surface area contributed by atoms with Crippen molar-refractivity contribution < 1.29 is 4.79 Å². The molecule has 2 rings (SSSR count). The maximum absolute atomic E-state index is 11.1. The van der Waals surface area contributed by atoms with E-state index in [1.165, 1.54) is 11.1 Å². The fourth-order valence-corrected chi connectivity index (χ4v) is 2.27. The summed E-state index contributed by atoms with van der Waals surface area (Å²) in [5.74, 6) is 0.509. The van der Waals surface area contributed by atoms with Crippen molar-refractivity contribution in [3.05, 3.63) is 33.8 Å². The maximum atomic E-state index is 11.1. The Hall–Kier alpha value is -0.830. The fraction of sp³-hybridized carbons (Fsp3) is 0.364. The van der Waals surface area contributed by atoms with Crippen molar-refractivity contribution >= 4 is 21.8 Å². The SMILES string of the molecule is Cc1c(Br)cccc1C1CNC(=O)C1. The van der Waals surface area contributed by atoms with Crippen LogP contribution in [0.2, 0.25) is 0 Å². The second-order valence-electron chi connectivity index (χ2n) is 3.66. The second kappa shape index (κ2) is 3.73. The van der Waals surface area contributed by atoms with E-state index >= 15 is 0 Å². The highest BCUT2D eigenvalue weighted by Gasteiger charge is 2.24. The Morgan fingerprint density at radius 1 is 1.50 bits per heavy atom. The monoisotopic (exact) mass is 253 g/mol. The van der Waals surface area contributed by atoms with Gasteiger partial charge in [-0.1, -0.05) is 28.1 Å². The van der Waals surface area contributed by atoms with Crippen LogP contribution in [0.5, 0.6) is 0 Å². The van der Waals surface area contributed by atoms with Crippen molar-refractivity contribution in [3.8, 4) is 0 Å². The zero-order chi connectivity index (χ0) is 10.1. The molecule has 0 bridgehead atoms. The number of hydrogen-bond donors (Lipinski definition) is 1. The Balaban J connectivity index is 2.32. The summed E-state index contributed by atoms with van der Waals surface area (Å²) in [4.78, 5) is 11.1. The number of nitrogens with one attached hydrogen (secondary N) is 1. The van der Waals surface area contributed by atoms with Crippen LogP contribution in [0.3, 0.4) is 0 Å². The van der Waals surface area contributed by atoms with Gasteiger partial charge in [-0.15, -0.1) is 0 Å². The van der Waals surface area contributed by atoms with Gasteiger partial charge >= 0.3 is 0 Å². The van der Waals surface area contributed by atoms with Crippen molar-refractivity contribution in [1.29, 1.82) is 0 Å². The quantitative estimate of drug-likeness (QED) is 0.818. The van der Waals surface area contributed by atoms with Gasteiger partial charge in [0, 0.05) is 23.4 Å². The largest absolute Gasteiger partial charge is 0.355 e. The zero-order valence-electron chi connectivity index (χ0n) is 8.01. The summed E-state index contributed by atoms with van der Waals surface area (Å²) < 4.78 is 1.12. The average molecular weight is 254 g/mol. The van der Waals surface area contributed by atoms with Crippen LogP contribution in [-0.2, 0) is 4.79 Å². The molecular weight excluding hydrogens is 242 g/mol. The van der Waals surface area contributed by atoms with Crippen molar-refractivity contribution in [1.82, 2.24) is 5.32 Å². The molecule has 1 fully saturated rings. The topological polar surface area (TPSA) is 29.1 Å². The first kappa shape index (κ1) is 9.71. The minimum absolute atomic E-state index is 0.161. The molecule has 3 heteroatoms. The molecule has 1 aliphatic heterocycles. The van der Waals surface area contributed by atoms with Crippen LogP contribution in [0.1, 0.15) is 23.5 Å². The molecule has 1 unspecified atom stereocenters. The number of halogens is 1. The minimum Gasteiger partial charge on any atom is -0.355 e. The number of benzene rings is 1. The Morgan fingerprint density at radius 2 is 2.29 bits per heavy atom. The van der Waals surface area contributed by atoms with E-state index in [1.807, 2.05) is 12.1 Å². The molecule has 0 radical (unpaired) electrons. The first-order valence-corrected chi connectivity index (χ1v) is 5.49. The number of amides is 1. The molecule has 1 N–H and O–H groups in total. The standard InChI is InChI=1S/C11H12BrNO/c1-7-9(3-2-4-10(7)12)8-5-11(14)13-6-8/h2-4,8H,5-6H2,1H3,(H,13,14). The Labute approximate surface area is 91.8 Å². The van der Waals surface area contributed by atoms with Crippen LogP contribution in [0.25, 0.3) is 0 Å². The highest BCUT2D eigenvalue weighted by molar-refractivity contribution is 9.10. The molecule has 2 nitrogen and oxygen atoms in total. The summed E-state index contributed by atoms with van der Waals surface area (Å²) >= 11 is 3.50. The van der Waals surface area contributed by atoms with Crippen LogP contribution < -0.4 is 5.32 Å². The van der Waals surface area contributed by atoms with Crippen molar-refractivity contribution in [2.24, 2.45) is 0 Å². The van der Waals surface area contributed by atoms with Crippen LogP contribution in [0, 0.1) is 6.92 Å². The maximum Gasteiger partial charge on any atom is 0.220 e. The van der Waals surface area contributed by atoms with E-state index in [-0.39, 0.29) is 5.91 Å². The molecule has 0 aliphatic carbocycles. The number of rotatable bonds is 1. The number of carbonyl (C=O) groups excluding carboxylic acids is 1. The molecule has 1 amide bonds. The van der Waals surface area contributed by atoms with Gasteiger partial charge in [-0.3, -0.25) is 4.79 Å². The molecule has 14 heavy (non-hydrogen) atoms. The average Bonchev–Trinajstić information content (AvgIpc) is 2.57. The normalized spacial score (nSPS) is 21.0. The summed E-state index contributed by atoms with van der Waals surface area (Å²) in [5.41, 5.74) is 2.52. The lowest BCUT2D eigenvalue weighted by molar-refractivity contribution is -0.119. The van der Waals surface area contributed by atoms with Crippen LogP contribution in [0.15, 0.2) is 22.7 Å². The first-order chi connectivity index (χ1) is 6.68. The van der Waals surface area contributed by atoms with E-state index in [4.69, 9.17) is 0 Å². The highest BCUT2D eigenvalue weighted by atomic mass is 79.9. The predicted octanol–water partition coefficient (Wildman–Crippen LogP) is 2.36. The van der Waals surface area contributed by atoms with Gasteiger partial charge in [0.05, 0.1) is 0 Å². The molecule has 74 valence electrons. The molecule has 1 saturated heterocycles. The molecule has 1 aromatic carbocycles. The van der Waals surface area contributed by atoms with E-state index in [0.29, 0.717) is 12.3 Å². The van der Waals surface area contributed by atoms with E-state index in [9.17, 15) is 4.79 Å². The van der Waals surface area contributed by atoms with E-state index < -0.39 is 0 Å². The third kappa shape index (κ3) is 1.69. The lowest BCUT2D eigenvalue weighted by atomic mass is 9.94. The molecule has 0 spiro atoms. The van der Waals surface area contributed by atoms with Gasteiger partial charge in [-0.2, -0.15) is 0 Å². The number of carbonyl (C=O) groups is 1. The summed E-state index contributed by atoms with van der Waals surface area (Å²) in [6.07, 6.45) is 0.622. The minimum atomic E-state index is 0.161. The summed E-state index contributed by atoms with van der Waals surface area (Å²) in [5, 5.41) is 2.86. The third-order valence-electron chi connectivity index (χ3n) is 2.73. The van der Waals surface area contributed by atoms with E-state index in [2.05, 4.69) is 34.2 Å². The van der Waals surface area contributed by atoms with Gasteiger partial charge in [0.1, 0.15) is 0 Å². The van der Waals surface area contributed by atoms with Crippen molar-refractivity contribution in [2.45, 2.75) is 19.3 Å². The Kier molecular flexibility index (Phi) is 2.59. The molecule has 1 aromatic rings. The van der Waals surface area contributed by atoms with Gasteiger partial charge in [0.25, 0.3) is 0 Å². The Morgan fingerprint density at radius 3 is 2.93 bits per heavy atom. The summed E-state index contributed by atoms with van der Waals surface area (Å²) in [7, 11) is 0. The smallest absolute Gasteiger partial charge is 0.220 e. The van der Waals surface area contributed by atoms with Crippen LogP contribution in [-0.4, -0.2) is 12.5 Å². The molecular formula is C11H12BrNO. The molecule has 0 aromatic heterocycles. The molecule has 1 heterocycles. The first-order valence-electron chi connectivity index (χ1n) is 4.70. The molecule has 1 atom stereocenters. The lowest BCUT2D eigenvalue weighted by Crippen LogP contribution is -2.13. The van der Waals surface area contributed by atoms with Crippen LogP contribution in [0.4, 0.5) is 0 Å². The van der Waals surface area contributed by atoms with E-state index in [0.717, 1.165) is 11.0 Å². The predicted molar refractivity (Wildman–Crippen MR) is 59.2 cm³/mol. The van der Waals surface area contributed by atoms with Gasteiger partial charge < -0.3 is 5.32 Å². The second-order valence-corrected chi connectivity index (χ2v) is 4.51. The van der Waals surface area contributed by atoms with Gasteiger partial charge in [0.15, 0.2) is 0 Å². The van der Waals surface area contributed by atoms with Crippen molar-refractivity contribution in [2.75, 3.05) is 6.54 Å². The van der Waals surface area contributed by atoms with Crippen LogP contribution >= 0.6 is 15.9 Å². The van der Waals surface area contributed by atoms with E-state index in [1.54, 1.807) is 0 Å². The fourth-order valence-electron chi connectivity index (χ4n) is 1.89. The molecule has 0 saturated carbocycles. The zero-order valence-corrected chi connectivity index (χ0v) is 9.60. The third-order valence-corrected chi connectivity index (χ3v) is 3.59. The van der Waals surface area contributed by atoms with Gasteiger partial charge in [-0.25, -0.2) is 0 Å². The Bertz CT molecular complexity index is 376.